The average molecular weight is 1720 g/mol. The Labute approximate surface area is 763 Å². The monoisotopic (exact) mass is 1720 g/mol. The van der Waals surface area contributed by atoms with Crippen LogP contribution < -0.4 is 0 Å². The fourth-order valence-electron chi connectivity index (χ4n) is 20.9. The van der Waals surface area contributed by atoms with E-state index in [-0.39, 0.29) is 0 Å². The minimum absolute atomic E-state index is 0.533. The molecule has 5 heterocycles. The van der Waals surface area contributed by atoms with Crippen LogP contribution in [0.4, 0.5) is 0 Å². The summed E-state index contributed by atoms with van der Waals surface area (Å²) in [6, 6.07) is 65.9. The van der Waals surface area contributed by atoms with E-state index in [1.807, 2.05) is 50.1 Å². The molecule has 0 saturated carbocycles. The number of fused-ring (bicyclic) bond motifs is 7. The number of benzene rings is 6. The Balaban J connectivity index is 0.902. The zero-order valence-corrected chi connectivity index (χ0v) is 81.1. The highest BCUT2D eigenvalue weighted by atomic mass is 32.1. The molecule has 2 aliphatic rings. The van der Waals surface area contributed by atoms with Crippen molar-refractivity contribution in [3.05, 3.63) is 234 Å². The van der Waals surface area contributed by atoms with Crippen molar-refractivity contribution < 1.29 is 0 Å². The normalized spacial score (nSPS) is 13.1. The highest BCUT2D eigenvalue weighted by Gasteiger charge is 2.53. The van der Waals surface area contributed by atoms with Crippen LogP contribution in [0.3, 0.4) is 0 Å². The van der Waals surface area contributed by atoms with Gasteiger partial charge in [0.25, 0.3) is 0 Å². The molecule has 0 bridgehead atoms. The van der Waals surface area contributed by atoms with Crippen molar-refractivity contribution in [3.63, 3.8) is 0 Å². The van der Waals surface area contributed by atoms with Gasteiger partial charge in [-0.15, -0.1) is 45.3 Å². The van der Waals surface area contributed by atoms with Gasteiger partial charge in [-0.25, -0.2) is 0 Å². The van der Waals surface area contributed by atoms with Gasteiger partial charge in [0.05, 0.1) is 17.4 Å². The number of rotatable bonds is 62. The molecule has 123 heavy (non-hydrogen) atoms. The van der Waals surface area contributed by atoms with Crippen LogP contribution >= 0.6 is 45.3 Å². The highest BCUT2D eigenvalue weighted by Crippen LogP contribution is 2.66. The molecule has 13 rings (SSSR count). The van der Waals surface area contributed by atoms with Crippen molar-refractivity contribution in [3.8, 4) is 51.5 Å². The van der Waals surface area contributed by atoms with E-state index in [0.29, 0.717) is 0 Å². The Morgan fingerprint density at radius 3 is 0.837 bits per heavy atom. The van der Waals surface area contributed by atoms with E-state index in [2.05, 4.69) is 206 Å². The molecule has 0 saturated heterocycles. The first-order valence-corrected chi connectivity index (χ1v) is 54.3. The molecule has 0 unspecified atom stereocenters. The zero-order valence-electron chi connectivity index (χ0n) is 77.9. The lowest BCUT2D eigenvalue weighted by Gasteiger charge is -2.35. The minimum Gasteiger partial charge on any atom is -0.184 e. The summed E-state index contributed by atoms with van der Waals surface area (Å²) in [6.45, 7) is 17.1. The van der Waals surface area contributed by atoms with Gasteiger partial charge in [-0.05, 0) is 198 Å². The smallest absolute Gasteiger partial charge is 0.122 e. The second-order valence-corrected chi connectivity index (χ2v) is 42.5. The minimum atomic E-state index is -0.598. The van der Waals surface area contributed by atoms with E-state index < -0.39 is 10.8 Å². The summed E-state index contributed by atoms with van der Waals surface area (Å²) in [5.74, 6) is 0. The Morgan fingerprint density at radius 2 is 0.512 bits per heavy atom. The molecular formula is C116H157N3S4. The number of hydrogen-bond acceptors (Lipinski definition) is 6. The summed E-state index contributed by atoms with van der Waals surface area (Å²) in [7, 11) is 0. The average Bonchev–Trinajstić information content (AvgIpc) is 1.50. The lowest BCUT2D eigenvalue weighted by molar-refractivity contribution is 0.483. The summed E-state index contributed by atoms with van der Waals surface area (Å²) in [6.07, 6.45) is 71.9. The van der Waals surface area contributed by atoms with E-state index >= 15 is 0 Å². The van der Waals surface area contributed by atoms with Crippen LogP contribution in [0, 0.1) is 13.8 Å². The van der Waals surface area contributed by atoms with Gasteiger partial charge in [0.15, 0.2) is 0 Å². The first kappa shape index (κ1) is 94.1. The molecule has 6 aromatic carbocycles. The van der Waals surface area contributed by atoms with Crippen LogP contribution in [0.5, 0.6) is 0 Å². The Bertz CT molecular complexity index is 4720. The number of aryl methyl sites for hydroxylation is 7. The zero-order chi connectivity index (χ0) is 85.1. The molecule has 660 valence electrons. The lowest BCUT2D eigenvalue weighted by atomic mass is 9.65. The third-order valence-electron chi connectivity index (χ3n) is 28.1. The highest BCUT2D eigenvalue weighted by molar-refractivity contribution is 7.25. The van der Waals surface area contributed by atoms with Gasteiger partial charge >= 0.3 is 0 Å². The molecule has 5 aromatic heterocycles. The van der Waals surface area contributed by atoms with Gasteiger partial charge in [0, 0.05) is 50.1 Å². The Morgan fingerprint density at radius 1 is 0.228 bits per heavy atom. The third kappa shape index (κ3) is 24.9. The van der Waals surface area contributed by atoms with Crippen molar-refractivity contribution >= 4 is 56.4 Å². The maximum atomic E-state index is 5.48. The SMILES string of the molecule is CCCCCCCCCCCCc1ccc(C2(c3ccc(CCCCCCCCCCCC)cc3)c3cc4c(cc3-c3sc(C)cc32)C(c2ccc(CCCCCCCCCCCC)cc2)(c2ccc(CCCCCCCCCCCC)cc2)c2cc(-c3ccc(-c5ccc(-c6ccc(C)s6)c6nn(CCCCCCCCCCCC)nc56)s3)sc2-4)cc1. The van der Waals surface area contributed by atoms with Crippen molar-refractivity contribution in [2.75, 3.05) is 0 Å². The van der Waals surface area contributed by atoms with E-state index in [9.17, 15) is 0 Å². The molecule has 0 radical (unpaired) electrons. The maximum absolute atomic E-state index is 5.48. The number of hydrogen-bond donors (Lipinski definition) is 0. The summed E-state index contributed by atoms with van der Waals surface area (Å²) in [5, 5.41) is 10.9. The predicted octanol–water partition coefficient (Wildman–Crippen LogP) is 37.8. The van der Waals surface area contributed by atoms with E-state index in [4.69, 9.17) is 10.2 Å². The largest absolute Gasteiger partial charge is 0.184 e. The molecule has 11 aromatic rings. The molecule has 0 spiro atoms. The first-order valence-electron chi connectivity index (χ1n) is 51.1. The van der Waals surface area contributed by atoms with Crippen molar-refractivity contribution in [2.24, 2.45) is 0 Å². The third-order valence-corrected chi connectivity index (χ3v) is 32.7. The summed E-state index contributed by atoms with van der Waals surface area (Å²) in [4.78, 5) is 12.8. The van der Waals surface area contributed by atoms with Crippen LogP contribution in [0.2, 0.25) is 0 Å². The van der Waals surface area contributed by atoms with Crippen molar-refractivity contribution in [1.82, 2.24) is 15.0 Å². The molecule has 0 aliphatic heterocycles. The first-order chi connectivity index (χ1) is 60.7. The molecule has 3 nitrogen and oxygen atoms in total. The second-order valence-electron chi connectivity index (χ2n) is 37.8. The van der Waals surface area contributed by atoms with Crippen LogP contribution in [-0.4, -0.2) is 15.0 Å². The topological polar surface area (TPSA) is 30.7 Å². The van der Waals surface area contributed by atoms with Gasteiger partial charge in [-0.2, -0.15) is 15.0 Å². The summed E-state index contributed by atoms with van der Waals surface area (Å²) in [5.41, 5.74) is 23.2. The molecule has 0 atom stereocenters. The number of aromatic nitrogens is 3. The van der Waals surface area contributed by atoms with Gasteiger partial charge in [0.2, 0.25) is 0 Å². The fourth-order valence-corrected chi connectivity index (χ4v) is 25.2. The molecule has 0 N–H and O–H groups in total. The second kappa shape index (κ2) is 50.3. The predicted molar refractivity (Wildman–Crippen MR) is 543 cm³/mol. The van der Waals surface area contributed by atoms with E-state index in [1.165, 1.54) is 443 Å². The maximum Gasteiger partial charge on any atom is 0.122 e. The summed E-state index contributed by atoms with van der Waals surface area (Å²) >= 11 is 7.89. The van der Waals surface area contributed by atoms with Gasteiger partial charge in [-0.1, -0.05) is 433 Å². The Hall–Kier alpha value is -6.48. The number of unbranched alkanes of at least 4 members (excludes halogenated alkanes) is 45. The van der Waals surface area contributed by atoms with Gasteiger partial charge < -0.3 is 0 Å². The van der Waals surface area contributed by atoms with Crippen LogP contribution in [0.15, 0.2) is 158 Å². The van der Waals surface area contributed by atoms with Crippen LogP contribution in [0.1, 0.15) is 432 Å². The Kier molecular flexibility index (Phi) is 38.5. The lowest BCUT2D eigenvalue weighted by Crippen LogP contribution is -2.30. The molecular weight excluding hydrogens is 1560 g/mol. The van der Waals surface area contributed by atoms with Crippen molar-refractivity contribution in [2.45, 2.75) is 413 Å². The van der Waals surface area contributed by atoms with Crippen LogP contribution in [0.25, 0.3) is 62.6 Å². The van der Waals surface area contributed by atoms with Crippen molar-refractivity contribution in [1.29, 1.82) is 0 Å². The number of nitrogens with zero attached hydrogens (tertiary/aromatic N) is 3. The molecule has 0 amide bonds. The summed E-state index contributed by atoms with van der Waals surface area (Å²) < 4.78 is 0. The fraction of sp³-hybridized carbons (Fsp3) is 0.552. The van der Waals surface area contributed by atoms with Crippen LogP contribution in [-0.2, 0) is 43.1 Å². The molecule has 7 heteroatoms. The van der Waals surface area contributed by atoms with E-state index in [0.717, 1.165) is 49.7 Å². The van der Waals surface area contributed by atoms with Gasteiger partial charge in [-0.3, -0.25) is 0 Å². The molecule has 0 fully saturated rings. The molecule has 2 aliphatic carbocycles. The standard InChI is InChI=1S/C116H157N3S4/c1-8-13-18-23-28-33-38-43-48-53-58-91-63-71-95(72-64-91)115(96-73-65-92(66-74-96)59-54-49-44-39-34-29-24-19-14-9-2)103-87-102-104(86-101(103)113-105(115)85-90(7)121-113)116(97-75-67-93(68-76-97)60-55-50-45-40-35-30-25-20-15-10-3,98-77-69-94(70-78-98)61-56-51-46-41-36-31-26-21-16-11-4)106-88-110(123-114(102)106)109-83-82-108(122-109)100-80-79-99(107-81-62-89(6)120-107)111-112(100)118-119(117-111)84-57-52-47-42-37-32-27-22-17-12-5/h62-83,85-88H,8-61,84H2,1-7H3. The quantitative estimate of drug-likeness (QED) is 0.0356. The van der Waals surface area contributed by atoms with Gasteiger partial charge in [0.1, 0.15) is 11.0 Å². The number of thiophene rings is 4. The van der Waals surface area contributed by atoms with E-state index in [1.54, 1.807) is 0 Å².